The van der Waals surface area contributed by atoms with E-state index in [0.717, 1.165) is 70.6 Å². The van der Waals surface area contributed by atoms with Crippen molar-refractivity contribution in [2.45, 2.75) is 105 Å². The molecule has 1 aromatic carbocycles. The number of benzene rings is 1. The van der Waals surface area contributed by atoms with Gasteiger partial charge in [0.05, 0.1) is 10.8 Å². The fourth-order valence-electron chi connectivity index (χ4n) is 4.38. The Morgan fingerprint density at radius 1 is 0.867 bits per heavy atom. The summed E-state index contributed by atoms with van der Waals surface area (Å²) >= 11 is 0. The molecular weight excluding hydrogens is 376 g/mol. The molecule has 0 radical (unpaired) electrons. The highest BCUT2D eigenvalue weighted by Crippen LogP contribution is 2.50. The maximum absolute atomic E-state index is 11.3. The molecule has 1 aliphatic rings. The number of hydrogen-bond donors (Lipinski definition) is 2. The van der Waals surface area contributed by atoms with Gasteiger partial charge in [0.15, 0.2) is 0 Å². The third-order valence-corrected chi connectivity index (χ3v) is 7.42. The molecule has 0 bridgehead atoms. The van der Waals surface area contributed by atoms with E-state index in [1.54, 1.807) is 13.8 Å². The molecular formula is C26H40O4. The Kier molecular flexibility index (Phi) is 8.13. The number of carboxylic acid groups (broad SMARTS) is 2. The molecule has 0 atom stereocenters. The highest BCUT2D eigenvalue weighted by atomic mass is 16.4. The second-order valence-corrected chi connectivity index (χ2v) is 10.1. The van der Waals surface area contributed by atoms with Gasteiger partial charge in [0, 0.05) is 0 Å². The Morgan fingerprint density at radius 2 is 1.40 bits per heavy atom. The van der Waals surface area contributed by atoms with Crippen LogP contribution in [0.25, 0.3) is 0 Å². The van der Waals surface area contributed by atoms with Gasteiger partial charge in [0.2, 0.25) is 0 Å². The number of unbranched alkanes of at least 4 members (excludes halogenated alkanes) is 3. The summed E-state index contributed by atoms with van der Waals surface area (Å²) in [5.74, 6) is -1.33. The fraction of sp³-hybridized carbons (Fsp3) is 0.692. The van der Waals surface area contributed by atoms with Crippen molar-refractivity contribution in [1.82, 2.24) is 0 Å². The number of rotatable bonds is 13. The first kappa shape index (κ1) is 24.4. The van der Waals surface area contributed by atoms with Crippen LogP contribution in [0.2, 0.25) is 0 Å². The van der Waals surface area contributed by atoms with Crippen LogP contribution in [0.3, 0.4) is 0 Å². The molecule has 0 heterocycles. The summed E-state index contributed by atoms with van der Waals surface area (Å²) in [6.07, 6.45) is 10.4. The van der Waals surface area contributed by atoms with E-state index in [1.165, 1.54) is 27.8 Å². The predicted octanol–water partition coefficient (Wildman–Crippen LogP) is 6.40. The summed E-state index contributed by atoms with van der Waals surface area (Å²) in [6.45, 7) is 10.2. The summed E-state index contributed by atoms with van der Waals surface area (Å²) in [4.78, 5) is 22.6. The van der Waals surface area contributed by atoms with E-state index in [0.29, 0.717) is 0 Å². The summed E-state index contributed by atoms with van der Waals surface area (Å²) in [7, 11) is 0. The maximum Gasteiger partial charge on any atom is 0.309 e. The minimum absolute atomic E-state index is 0.404. The molecule has 4 heteroatoms. The van der Waals surface area contributed by atoms with Gasteiger partial charge in [-0.2, -0.15) is 0 Å². The van der Waals surface area contributed by atoms with Gasteiger partial charge in [-0.05, 0) is 114 Å². The predicted molar refractivity (Wildman–Crippen MR) is 121 cm³/mol. The number of aliphatic carboxylic acids is 2. The Hall–Kier alpha value is -1.84. The van der Waals surface area contributed by atoms with Gasteiger partial charge in [-0.3, -0.25) is 9.59 Å². The smallest absolute Gasteiger partial charge is 0.309 e. The summed E-state index contributed by atoms with van der Waals surface area (Å²) in [5.41, 5.74) is 5.90. The number of carboxylic acids is 2. The van der Waals surface area contributed by atoms with Crippen LogP contribution in [0.4, 0.5) is 0 Å². The largest absolute Gasteiger partial charge is 0.481 e. The van der Waals surface area contributed by atoms with Gasteiger partial charge in [-0.15, -0.1) is 0 Å². The van der Waals surface area contributed by atoms with Gasteiger partial charge in [0.25, 0.3) is 0 Å². The molecule has 0 aromatic heterocycles. The molecule has 1 aromatic rings. The molecule has 4 nitrogen and oxygen atoms in total. The Morgan fingerprint density at radius 3 is 1.87 bits per heavy atom. The molecule has 0 aliphatic heterocycles. The van der Waals surface area contributed by atoms with Crippen LogP contribution in [0, 0.1) is 31.6 Å². The number of aryl methyl sites for hydroxylation is 2. The molecule has 0 unspecified atom stereocenters. The Bertz CT molecular complexity index is 772. The first-order valence-corrected chi connectivity index (χ1v) is 11.6. The molecule has 1 fully saturated rings. The highest BCUT2D eigenvalue weighted by molar-refractivity contribution is 5.77. The maximum atomic E-state index is 11.3. The quantitative estimate of drug-likeness (QED) is 0.365. The van der Waals surface area contributed by atoms with Crippen molar-refractivity contribution in [3.63, 3.8) is 0 Å². The second-order valence-electron chi connectivity index (χ2n) is 10.1. The summed E-state index contributed by atoms with van der Waals surface area (Å²) in [6, 6.07) is 2.36. The SMILES string of the molecule is Cc1c(CCCCCC(C)(C)C(=O)O)cc(CCCCC2(C(=O)O)CC2)c(C)c1C. The molecule has 0 spiro atoms. The third-order valence-electron chi connectivity index (χ3n) is 7.42. The monoisotopic (exact) mass is 416 g/mol. The highest BCUT2D eigenvalue weighted by Gasteiger charge is 2.49. The Balaban J connectivity index is 1.86. The van der Waals surface area contributed by atoms with Crippen molar-refractivity contribution in [3.8, 4) is 0 Å². The zero-order chi connectivity index (χ0) is 22.5. The molecule has 1 aliphatic carbocycles. The van der Waals surface area contributed by atoms with Gasteiger partial charge < -0.3 is 10.2 Å². The lowest BCUT2D eigenvalue weighted by Gasteiger charge is -2.19. The van der Waals surface area contributed by atoms with Crippen LogP contribution in [0.1, 0.15) is 99.5 Å². The van der Waals surface area contributed by atoms with E-state index in [1.807, 2.05) is 0 Å². The first-order chi connectivity index (χ1) is 14.0. The molecule has 30 heavy (non-hydrogen) atoms. The van der Waals surface area contributed by atoms with Gasteiger partial charge in [-0.25, -0.2) is 0 Å². The zero-order valence-corrected chi connectivity index (χ0v) is 19.6. The fourth-order valence-corrected chi connectivity index (χ4v) is 4.38. The van der Waals surface area contributed by atoms with E-state index in [4.69, 9.17) is 0 Å². The van der Waals surface area contributed by atoms with Crippen molar-refractivity contribution < 1.29 is 19.8 Å². The average Bonchev–Trinajstić information content (AvgIpc) is 3.47. The lowest BCUT2D eigenvalue weighted by molar-refractivity contribution is -0.147. The van der Waals surface area contributed by atoms with Crippen molar-refractivity contribution >= 4 is 11.9 Å². The lowest BCUT2D eigenvalue weighted by Crippen LogP contribution is -2.23. The van der Waals surface area contributed by atoms with Crippen LogP contribution in [0.15, 0.2) is 6.07 Å². The molecule has 2 N–H and O–H groups in total. The standard InChI is InChI=1S/C26H40O4/c1-18-19(2)21(11-7-6-9-13-25(4,5)23(27)28)17-22(20(18)3)12-8-10-14-26(15-16-26)24(29)30/h17H,6-16H2,1-5H3,(H,27,28)(H,29,30). The summed E-state index contributed by atoms with van der Waals surface area (Å²) in [5, 5.41) is 18.6. The van der Waals surface area contributed by atoms with Crippen molar-refractivity contribution in [2.75, 3.05) is 0 Å². The lowest BCUT2D eigenvalue weighted by atomic mass is 9.86. The van der Waals surface area contributed by atoms with Gasteiger partial charge >= 0.3 is 11.9 Å². The van der Waals surface area contributed by atoms with Crippen molar-refractivity contribution in [1.29, 1.82) is 0 Å². The van der Waals surface area contributed by atoms with Gasteiger partial charge in [-0.1, -0.05) is 25.3 Å². The van der Waals surface area contributed by atoms with E-state index < -0.39 is 22.8 Å². The number of carbonyl (C=O) groups is 2. The molecule has 1 saturated carbocycles. The second kappa shape index (κ2) is 9.98. The minimum atomic E-state index is -0.715. The van der Waals surface area contributed by atoms with Gasteiger partial charge in [0.1, 0.15) is 0 Å². The topological polar surface area (TPSA) is 74.6 Å². The van der Waals surface area contributed by atoms with E-state index >= 15 is 0 Å². The summed E-state index contributed by atoms with van der Waals surface area (Å²) < 4.78 is 0. The van der Waals surface area contributed by atoms with Crippen LogP contribution in [0.5, 0.6) is 0 Å². The van der Waals surface area contributed by atoms with Crippen molar-refractivity contribution in [2.24, 2.45) is 10.8 Å². The van der Waals surface area contributed by atoms with Crippen LogP contribution < -0.4 is 0 Å². The van der Waals surface area contributed by atoms with E-state index in [9.17, 15) is 19.8 Å². The molecule has 168 valence electrons. The Labute approximate surface area is 182 Å². The molecule has 0 saturated heterocycles. The zero-order valence-electron chi connectivity index (χ0n) is 19.6. The van der Waals surface area contributed by atoms with E-state index in [2.05, 4.69) is 26.8 Å². The third kappa shape index (κ3) is 6.09. The first-order valence-electron chi connectivity index (χ1n) is 11.6. The molecule has 2 rings (SSSR count). The van der Waals surface area contributed by atoms with Crippen molar-refractivity contribution in [3.05, 3.63) is 33.9 Å². The molecule has 0 amide bonds. The minimum Gasteiger partial charge on any atom is -0.481 e. The van der Waals surface area contributed by atoms with Crippen LogP contribution >= 0.6 is 0 Å². The van der Waals surface area contributed by atoms with E-state index in [-0.39, 0.29) is 0 Å². The van der Waals surface area contributed by atoms with Crippen LogP contribution in [-0.4, -0.2) is 22.2 Å². The van der Waals surface area contributed by atoms with Crippen LogP contribution in [-0.2, 0) is 22.4 Å². The normalized spacial score (nSPS) is 15.2. The average molecular weight is 417 g/mol. The number of hydrogen-bond acceptors (Lipinski definition) is 2.